The molecule has 0 saturated carbocycles. The maximum Gasteiger partial charge on any atom is 0.489 e. The van der Waals surface area contributed by atoms with Crippen molar-refractivity contribution < 1.29 is 19.5 Å². The van der Waals surface area contributed by atoms with Gasteiger partial charge >= 0.3 is 7.12 Å². The van der Waals surface area contributed by atoms with Crippen LogP contribution in [0.4, 0.5) is 0 Å². The lowest BCUT2D eigenvalue weighted by atomic mass is 9.77. The van der Waals surface area contributed by atoms with Crippen LogP contribution < -0.4 is 14.9 Å². The topological polar surface area (TPSA) is 58.9 Å². The van der Waals surface area contributed by atoms with Crippen molar-refractivity contribution >= 4 is 23.4 Å². The Morgan fingerprint density at radius 2 is 1.81 bits per heavy atom. The summed E-state index contributed by atoms with van der Waals surface area (Å²) in [6.45, 7) is 0.211. The summed E-state index contributed by atoms with van der Waals surface area (Å²) in [6, 6.07) is 8.95. The van der Waals surface area contributed by atoms with Crippen LogP contribution in [0.15, 0.2) is 30.3 Å². The molecule has 3 rings (SSSR count). The molecule has 0 spiro atoms. The molecule has 0 unspecified atom stereocenters. The number of hydrogen-bond acceptors (Lipinski definition) is 4. The Balaban J connectivity index is 2.31. The molecule has 1 aliphatic rings. The third-order valence-electron chi connectivity index (χ3n) is 2.69. The van der Waals surface area contributed by atoms with Crippen LogP contribution in [0.5, 0.6) is 11.5 Å². The predicted molar refractivity (Wildman–Crippen MR) is 59.9 cm³/mol. The van der Waals surface area contributed by atoms with Gasteiger partial charge in [0.1, 0.15) is 0 Å². The molecule has 2 aromatic carbocycles. The van der Waals surface area contributed by atoms with Crippen molar-refractivity contribution in [2.75, 3.05) is 6.79 Å². The van der Waals surface area contributed by atoms with Gasteiger partial charge in [-0.2, -0.15) is 0 Å². The van der Waals surface area contributed by atoms with Gasteiger partial charge in [-0.1, -0.05) is 18.2 Å². The second-order valence-corrected chi connectivity index (χ2v) is 3.65. The van der Waals surface area contributed by atoms with Gasteiger partial charge in [-0.15, -0.1) is 0 Å². The Labute approximate surface area is 92.2 Å². The standard InChI is InChI=1S/C11H9BO4/c13-12(14)9-3-1-2-7-4-10-11(5-8(7)9)16-6-15-10/h1-5,13-14H,6H2. The first-order valence-corrected chi connectivity index (χ1v) is 4.94. The predicted octanol–water partition coefficient (Wildman–Crippen LogP) is 0.248. The normalized spacial score (nSPS) is 13.1. The Bertz CT molecular complexity index is 553. The van der Waals surface area contributed by atoms with Crippen molar-refractivity contribution in [2.45, 2.75) is 0 Å². The highest BCUT2D eigenvalue weighted by Crippen LogP contribution is 2.35. The lowest BCUT2D eigenvalue weighted by Gasteiger charge is -2.06. The van der Waals surface area contributed by atoms with Crippen molar-refractivity contribution in [1.82, 2.24) is 0 Å². The number of fused-ring (bicyclic) bond motifs is 2. The fourth-order valence-electron chi connectivity index (χ4n) is 1.92. The molecule has 1 aliphatic heterocycles. The zero-order chi connectivity index (χ0) is 11.1. The SMILES string of the molecule is OB(O)c1cccc2cc3c(cc12)OCO3. The quantitative estimate of drug-likeness (QED) is 0.670. The summed E-state index contributed by atoms with van der Waals surface area (Å²) in [5.41, 5.74) is 0.468. The van der Waals surface area contributed by atoms with Gasteiger partial charge in [0, 0.05) is 0 Å². The van der Waals surface area contributed by atoms with E-state index in [1.165, 1.54) is 0 Å². The molecular formula is C11H9BO4. The van der Waals surface area contributed by atoms with E-state index in [0.29, 0.717) is 17.0 Å². The van der Waals surface area contributed by atoms with Crippen LogP contribution in [0, 0.1) is 0 Å². The van der Waals surface area contributed by atoms with E-state index in [0.717, 1.165) is 10.8 Å². The van der Waals surface area contributed by atoms with Crippen molar-refractivity contribution in [3.05, 3.63) is 30.3 Å². The van der Waals surface area contributed by atoms with E-state index >= 15 is 0 Å². The van der Waals surface area contributed by atoms with Crippen LogP contribution >= 0.6 is 0 Å². The Kier molecular flexibility index (Phi) is 2.02. The molecule has 0 radical (unpaired) electrons. The van der Waals surface area contributed by atoms with Crippen LogP contribution in [0.2, 0.25) is 0 Å². The van der Waals surface area contributed by atoms with E-state index in [4.69, 9.17) is 9.47 Å². The van der Waals surface area contributed by atoms with E-state index < -0.39 is 7.12 Å². The highest BCUT2D eigenvalue weighted by molar-refractivity contribution is 6.62. The first-order valence-electron chi connectivity index (χ1n) is 4.94. The molecule has 0 amide bonds. The average molecular weight is 216 g/mol. The minimum atomic E-state index is -1.48. The molecule has 0 atom stereocenters. The lowest BCUT2D eigenvalue weighted by Crippen LogP contribution is -2.30. The second kappa shape index (κ2) is 3.40. The van der Waals surface area contributed by atoms with Gasteiger partial charge in [-0.3, -0.25) is 0 Å². The number of rotatable bonds is 1. The van der Waals surface area contributed by atoms with E-state index in [-0.39, 0.29) is 6.79 Å². The molecule has 16 heavy (non-hydrogen) atoms. The molecule has 4 nitrogen and oxygen atoms in total. The maximum atomic E-state index is 9.25. The fourth-order valence-corrected chi connectivity index (χ4v) is 1.92. The van der Waals surface area contributed by atoms with Gasteiger partial charge in [0.2, 0.25) is 6.79 Å². The minimum absolute atomic E-state index is 0.211. The van der Waals surface area contributed by atoms with Gasteiger partial charge in [0.25, 0.3) is 0 Å². The van der Waals surface area contributed by atoms with Gasteiger partial charge in [0.15, 0.2) is 11.5 Å². The van der Waals surface area contributed by atoms with Crippen LogP contribution in [0.3, 0.4) is 0 Å². The second-order valence-electron chi connectivity index (χ2n) is 3.65. The van der Waals surface area contributed by atoms with Gasteiger partial charge in [0.05, 0.1) is 0 Å². The van der Waals surface area contributed by atoms with Crippen LogP contribution in [-0.2, 0) is 0 Å². The third-order valence-corrected chi connectivity index (χ3v) is 2.69. The molecule has 0 aromatic heterocycles. The summed E-state index contributed by atoms with van der Waals surface area (Å²) in [5.74, 6) is 1.33. The van der Waals surface area contributed by atoms with Gasteiger partial charge in [-0.05, 0) is 28.4 Å². The van der Waals surface area contributed by atoms with Crippen LogP contribution in [0.1, 0.15) is 0 Å². The lowest BCUT2D eigenvalue weighted by molar-refractivity contribution is 0.174. The molecule has 2 N–H and O–H groups in total. The van der Waals surface area contributed by atoms with E-state index in [9.17, 15) is 10.0 Å². The summed E-state index contributed by atoms with van der Waals surface area (Å²) in [5, 5.41) is 20.2. The first-order chi connectivity index (χ1) is 7.75. The largest absolute Gasteiger partial charge is 0.489 e. The summed E-state index contributed by atoms with van der Waals surface area (Å²) < 4.78 is 10.5. The highest BCUT2D eigenvalue weighted by Gasteiger charge is 2.19. The molecule has 0 fully saturated rings. The molecule has 0 bridgehead atoms. The van der Waals surface area contributed by atoms with Crippen LogP contribution in [0.25, 0.3) is 10.8 Å². The molecule has 0 aliphatic carbocycles. The van der Waals surface area contributed by atoms with Gasteiger partial charge in [-0.25, -0.2) is 0 Å². The molecule has 5 heteroatoms. The first kappa shape index (κ1) is 9.51. The average Bonchev–Trinajstić information content (AvgIpc) is 2.71. The Morgan fingerprint density at radius 3 is 2.56 bits per heavy atom. The van der Waals surface area contributed by atoms with Crippen LogP contribution in [-0.4, -0.2) is 24.0 Å². The fraction of sp³-hybridized carbons (Fsp3) is 0.0909. The van der Waals surface area contributed by atoms with Crippen molar-refractivity contribution in [3.63, 3.8) is 0 Å². The monoisotopic (exact) mass is 216 g/mol. The smallest absolute Gasteiger partial charge is 0.454 e. The van der Waals surface area contributed by atoms with E-state index in [1.807, 2.05) is 12.1 Å². The molecule has 2 aromatic rings. The number of benzene rings is 2. The Morgan fingerprint density at radius 1 is 1.06 bits per heavy atom. The van der Waals surface area contributed by atoms with Gasteiger partial charge < -0.3 is 19.5 Å². The summed E-state index contributed by atoms with van der Waals surface area (Å²) in [7, 11) is -1.48. The highest BCUT2D eigenvalue weighted by atomic mass is 16.7. The zero-order valence-corrected chi connectivity index (χ0v) is 8.38. The zero-order valence-electron chi connectivity index (χ0n) is 8.38. The summed E-state index contributed by atoms with van der Waals surface area (Å²) >= 11 is 0. The Hall–Kier alpha value is -1.72. The molecule has 80 valence electrons. The number of hydrogen-bond donors (Lipinski definition) is 2. The number of ether oxygens (including phenoxy) is 2. The summed E-state index contributed by atoms with van der Waals surface area (Å²) in [6.07, 6.45) is 0. The van der Waals surface area contributed by atoms with Crippen molar-refractivity contribution in [3.8, 4) is 11.5 Å². The van der Waals surface area contributed by atoms with E-state index in [2.05, 4.69) is 0 Å². The summed E-state index contributed by atoms with van der Waals surface area (Å²) in [4.78, 5) is 0. The van der Waals surface area contributed by atoms with Crippen molar-refractivity contribution in [1.29, 1.82) is 0 Å². The third kappa shape index (κ3) is 1.33. The van der Waals surface area contributed by atoms with Crippen molar-refractivity contribution in [2.24, 2.45) is 0 Å². The minimum Gasteiger partial charge on any atom is -0.454 e. The molecule has 1 heterocycles. The maximum absolute atomic E-state index is 9.25. The molecule has 0 saturated heterocycles. The molecular weight excluding hydrogens is 207 g/mol. The van der Waals surface area contributed by atoms with E-state index in [1.54, 1.807) is 18.2 Å².